The number of carbonyl (C=O) groups is 1. The van der Waals surface area contributed by atoms with E-state index >= 15 is 0 Å². The van der Waals surface area contributed by atoms with E-state index in [4.69, 9.17) is 0 Å². The van der Waals surface area contributed by atoms with Crippen molar-refractivity contribution in [2.24, 2.45) is 0 Å². The highest BCUT2D eigenvalue weighted by molar-refractivity contribution is 7.14. The van der Waals surface area contributed by atoms with Crippen LogP contribution < -0.4 is 10.6 Å². The summed E-state index contributed by atoms with van der Waals surface area (Å²) in [6.45, 7) is 0.429. The van der Waals surface area contributed by atoms with Crippen molar-refractivity contribution in [3.05, 3.63) is 47.6 Å². The Kier molecular flexibility index (Phi) is 3.50. The SMILES string of the molecule is O=C(NCc1ccccn1)Nc1cccs1. The lowest BCUT2D eigenvalue weighted by molar-refractivity contribution is 0.251. The second-order valence-corrected chi connectivity index (χ2v) is 4.05. The summed E-state index contributed by atoms with van der Waals surface area (Å²) in [5.74, 6) is 0. The standard InChI is InChI=1S/C11H11N3OS/c15-11(14-10-5-3-7-16-10)13-8-9-4-1-2-6-12-9/h1-7H,8H2,(H2,13,14,15). The molecule has 2 rings (SSSR count). The molecule has 2 aromatic heterocycles. The van der Waals surface area contributed by atoms with Crippen LogP contribution in [-0.2, 0) is 6.54 Å². The van der Waals surface area contributed by atoms with E-state index in [2.05, 4.69) is 15.6 Å². The summed E-state index contributed by atoms with van der Waals surface area (Å²) in [5, 5.41) is 8.21. The van der Waals surface area contributed by atoms with Crippen molar-refractivity contribution in [3.63, 3.8) is 0 Å². The lowest BCUT2D eigenvalue weighted by Crippen LogP contribution is -2.28. The van der Waals surface area contributed by atoms with Gasteiger partial charge in [-0.15, -0.1) is 11.3 Å². The minimum atomic E-state index is -0.215. The van der Waals surface area contributed by atoms with E-state index in [0.717, 1.165) is 10.7 Å². The van der Waals surface area contributed by atoms with Gasteiger partial charge in [-0.25, -0.2) is 4.79 Å². The largest absolute Gasteiger partial charge is 0.332 e. The Morgan fingerprint density at radius 2 is 2.25 bits per heavy atom. The van der Waals surface area contributed by atoms with E-state index in [0.29, 0.717) is 6.54 Å². The molecule has 0 saturated heterocycles. The molecule has 0 radical (unpaired) electrons. The van der Waals surface area contributed by atoms with Gasteiger partial charge in [0, 0.05) is 6.20 Å². The molecule has 0 aromatic carbocycles. The number of nitrogens with zero attached hydrogens (tertiary/aromatic N) is 1. The van der Waals surface area contributed by atoms with Crippen LogP contribution in [0.5, 0.6) is 0 Å². The molecule has 16 heavy (non-hydrogen) atoms. The molecular weight excluding hydrogens is 222 g/mol. The second-order valence-electron chi connectivity index (χ2n) is 3.11. The van der Waals surface area contributed by atoms with Gasteiger partial charge in [0.15, 0.2) is 0 Å². The van der Waals surface area contributed by atoms with Crippen LogP contribution >= 0.6 is 11.3 Å². The normalized spacial score (nSPS) is 9.75. The van der Waals surface area contributed by atoms with Crippen molar-refractivity contribution < 1.29 is 4.79 Å². The summed E-state index contributed by atoms with van der Waals surface area (Å²) in [7, 11) is 0. The van der Waals surface area contributed by atoms with Gasteiger partial charge in [0.25, 0.3) is 0 Å². The number of anilines is 1. The number of hydrogen-bond acceptors (Lipinski definition) is 3. The Morgan fingerprint density at radius 1 is 1.31 bits per heavy atom. The van der Waals surface area contributed by atoms with Crippen LogP contribution in [0.25, 0.3) is 0 Å². The van der Waals surface area contributed by atoms with Gasteiger partial charge in [-0.1, -0.05) is 6.07 Å². The van der Waals surface area contributed by atoms with E-state index in [1.807, 2.05) is 35.7 Å². The molecule has 0 aliphatic rings. The number of nitrogens with one attached hydrogen (secondary N) is 2. The van der Waals surface area contributed by atoms with Crippen LogP contribution in [0.15, 0.2) is 41.9 Å². The number of aromatic nitrogens is 1. The maximum absolute atomic E-state index is 11.4. The highest BCUT2D eigenvalue weighted by atomic mass is 32.1. The highest BCUT2D eigenvalue weighted by Gasteiger charge is 2.01. The van der Waals surface area contributed by atoms with Crippen LogP contribution in [-0.4, -0.2) is 11.0 Å². The Labute approximate surface area is 97.3 Å². The van der Waals surface area contributed by atoms with Gasteiger partial charge >= 0.3 is 6.03 Å². The van der Waals surface area contributed by atoms with Crippen LogP contribution in [0, 0.1) is 0 Å². The van der Waals surface area contributed by atoms with Gasteiger partial charge in [0.2, 0.25) is 0 Å². The highest BCUT2D eigenvalue weighted by Crippen LogP contribution is 2.14. The van der Waals surface area contributed by atoms with E-state index in [9.17, 15) is 4.79 Å². The van der Waals surface area contributed by atoms with Crippen molar-refractivity contribution in [1.82, 2.24) is 10.3 Å². The fourth-order valence-corrected chi connectivity index (χ4v) is 1.79. The second kappa shape index (κ2) is 5.27. The molecule has 5 heteroatoms. The molecule has 0 aliphatic heterocycles. The number of carbonyl (C=O) groups excluding carboxylic acids is 1. The average Bonchev–Trinajstić information content (AvgIpc) is 2.81. The first kappa shape index (κ1) is 10.6. The van der Waals surface area contributed by atoms with Crippen LogP contribution in [0.4, 0.5) is 9.80 Å². The molecule has 82 valence electrons. The summed E-state index contributed by atoms with van der Waals surface area (Å²) in [6.07, 6.45) is 1.70. The Hall–Kier alpha value is -1.88. The van der Waals surface area contributed by atoms with Crippen LogP contribution in [0.1, 0.15) is 5.69 Å². The molecule has 0 unspecified atom stereocenters. The maximum atomic E-state index is 11.4. The van der Waals surface area contributed by atoms with Gasteiger partial charge in [-0.2, -0.15) is 0 Å². The summed E-state index contributed by atoms with van der Waals surface area (Å²) < 4.78 is 0. The molecular formula is C11H11N3OS. The number of urea groups is 1. The molecule has 2 aromatic rings. The Morgan fingerprint density at radius 3 is 2.94 bits per heavy atom. The first-order chi connectivity index (χ1) is 7.84. The van der Waals surface area contributed by atoms with Gasteiger partial charge in [-0.3, -0.25) is 10.3 Å². The number of rotatable bonds is 3. The zero-order valence-electron chi connectivity index (χ0n) is 8.51. The molecule has 0 aliphatic carbocycles. The third kappa shape index (κ3) is 3.06. The third-order valence-electron chi connectivity index (χ3n) is 1.91. The van der Waals surface area contributed by atoms with Crippen molar-refractivity contribution in [2.45, 2.75) is 6.54 Å². The van der Waals surface area contributed by atoms with Gasteiger partial charge in [-0.05, 0) is 29.6 Å². The average molecular weight is 233 g/mol. The molecule has 2 N–H and O–H groups in total. The first-order valence-corrected chi connectivity index (χ1v) is 5.71. The van der Waals surface area contributed by atoms with E-state index < -0.39 is 0 Å². The number of hydrogen-bond donors (Lipinski definition) is 2. The van der Waals surface area contributed by atoms with Crippen molar-refractivity contribution in [1.29, 1.82) is 0 Å². The lowest BCUT2D eigenvalue weighted by atomic mass is 10.3. The van der Waals surface area contributed by atoms with E-state index in [1.54, 1.807) is 6.20 Å². The smallest absolute Gasteiger partial charge is 0.320 e. The topological polar surface area (TPSA) is 54.0 Å². The van der Waals surface area contributed by atoms with Crippen molar-refractivity contribution in [2.75, 3.05) is 5.32 Å². The molecule has 0 atom stereocenters. The fourth-order valence-electron chi connectivity index (χ4n) is 1.18. The maximum Gasteiger partial charge on any atom is 0.320 e. The predicted octanol–water partition coefficient (Wildman–Crippen LogP) is 2.46. The van der Waals surface area contributed by atoms with Gasteiger partial charge in [0.05, 0.1) is 17.2 Å². The molecule has 0 fully saturated rings. The number of thiophene rings is 1. The van der Waals surface area contributed by atoms with E-state index in [-0.39, 0.29) is 6.03 Å². The van der Waals surface area contributed by atoms with E-state index in [1.165, 1.54) is 11.3 Å². The first-order valence-electron chi connectivity index (χ1n) is 4.83. The van der Waals surface area contributed by atoms with Gasteiger partial charge in [0.1, 0.15) is 0 Å². The van der Waals surface area contributed by atoms with Crippen molar-refractivity contribution >= 4 is 22.4 Å². The molecule has 0 spiro atoms. The molecule has 2 heterocycles. The Bertz CT molecular complexity index is 442. The lowest BCUT2D eigenvalue weighted by Gasteiger charge is -2.04. The Balaban J connectivity index is 1.80. The fraction of sp³-hybridized carbons (Fsp3) is 0.0909. The third-order valence-corrected chi connectivity index (χ3v) is 2.70. The molecule has 4 nitrogen and oxygen atoms in total. The van der Waals surface area contributed by atoms with Crippen LogP contribution in [0.3, 0.4) is 0 Å². The number of pyridine rings is 1. The predicted molar refractivity (Wildman–Crippen MR) is 64.4 cm³/mol. The summed E-state index contributed by atoms with van der Waals surface area (Å²) in [6, 6.07) is 9.12. The van der Waals surface area contributed by atoms with Crippen LogP contribution in [0.2, 0.25) is 0 Å². The molecule has 0 saturated carbocycles. The van der Waals surface area contributed by atoms with Crippen molar-refractivity contribution in [3.8, 4) is 0 Å². The molecule has 0 bridgehead atoms. The summed E-state index contributed by atoms with van der Waals surface area (Å²) in [5.41, 5.74) is 0.837. The number of amides is 2. The minimum Gasteiger partial charge on any atom is -0.332 e. The quantitative estimate of drug-likeness (QED) is 0.855. The van der Waals surface area contributed by atoms with Gasteiger partial charge < -0.3 is 5.32 Å². The molecule has 2 amide bonds. The minimum absolute atomic E-state index is 0.215. The zero-order valence-corrected chi connectivity index (χ0v) is 9.33. The summed E-state index contributed by atoms with van der Waals surface area (Å²) >= 11 is 1.49. The summed E-state index contributed by atoms with van der Waals surface area (Å²) in [4.78, 5) is 15.5. The monoisotopic (exact) mass is 233 g/mol. The zero-order chi connectivity index (χ0) is 11.2.